The molecule has 0 radical (unpaired) electrons. The molecular weight excluding hydrogens is 484 g/mol. The predicted molar refractivity (Wildman–Crippen MR) is 139 cm³/mol. The van der Waals surface area contributed by atoms with Crippen LogP contribution in [-0.4, -0.2) is 74.7 Å². The second-order valence-electron chi connectivity index (χ2n) is 8.46. The van der Waals surface area contributed by atoms with Gasteiger partial charge in [-0.05, 0) is 63.5 Å². The van der Waals surface area contributed by atoms with Crippen molar-refractivity contribution in [1.82, 2.24) is 14.5 Å². The van der Waals surface area contributed by atoms with E-state index in [0.717, 1.165) is 0 Å². The third-order valence-electron chi connectivity index (χ3n) is 5.38. The minimum Gasteiger partial charge on any atom is -0.486 e. The van der Waals surface area contributed by atoms with Gasteiger partial charge in [-0.1, -0.05) is 0 Å². The molecule has 0 saturated carbocycles. The van der Waals surface area contributed by atoms with Crippen molar-refractivity contribution in [3.05, 3.63) is 53.9 Å². The third kappa shape index (κ3) is 6.73. The number of fused-ring (bicyclic) bond motifs is 1. The lowest BCUT2D eigenvalue weighted by Gasteiger charge is -2.24. The summed E-state index contributed by atoms with van der Waals surface area (Å²) in [4.78, 5) is 18.9. The van der Waals surface area contributed by atoms with Gasteiger partial charge in [0.25, 0.3) is 0 Å². The molecule has 0 spiro atoms. The van der Waals surface area contributed by atoms with Crippen LogP contribution in [-0.2, 0) is 32.7 Å². The maximum Gasteiger partial charge on any atom is 0.326 e. The molecule has 1 heterocycles. The molecule has 0 bridgehead atoms. The number of carbonyl (C=O) groups is 1. The van der Waals surface area contributed by atoms with E-state index in [1.807, 2.05) is 19.0 Å². The topological polar surface area (TPSA) is 144 Å². The van der Waals surface area contributed by atoms with Crippen molar-refractivity contribution in [2.45, 2.75) is 20.1 Å². The van der Waals surface area contributed by atoms with Crippen LogP contribution in [0.3, 0.4) is 0 Å². The minimum absolute atomic E-state index is 0.0395. The zero-order chi connectivity index (χ0) is 26.5. The summed E-state index contributed by atoms with van der Waals surface area (Å²) in [5.41, 5.74) is 7.73. The first-order chi connectivity index (χ1) is 17.0. The Morgan fingerprint density at radius 3 is 2.42 bits per heavy atom. The Hall–Kier alpha value is -3.64. The van der Waals surface area contributed by atoms with Gasteiger partial charge < -0.3 is 24.7 Å². The van der Waals surface area contributed by atoms with Gasteiger partial charge in [-0.15, -0.1) is 0 Å². The molecule has 11 nitrogen and oxygen atoms in total. The van der Waals surface area contributed by atoms with E-state index in [4.69, 9.17) is 20.6 Å². The molecule has 36 heavy (non-hydrogen) atoms. The summed E-state index contributed by atoms with van der Waals surface area (Å²) in [5, 5.41) is 7.50. The van der Waals surface area contributed by atoms with E-state index in [0.29, 0.717) is 40.4 Å². The van der Waals surface area contributed by atoms with Crippen molar-refractivity contribution in [1.29, 1.82) is 5.41 Å². The molecule has 3 N–H and O–H groups in total. The summed E-state index contributed by atoms with van der Waals surface area (Å²) in [6.45, 7) is 2.72. The van der Waals surface area contributed by atoms with E-state index in [1.165, 1.54) is 10.6 Å². The Bertz CT molecular complexity index is 1340. The van der Waals surface area contributed by atoms with Gasteiger partial charge in [0.05, 0.1) is 29.6 Å². The largest absolute Gasteiger partial charge is 0.486 e. The monoisotopic (exact) mass is 516 g/mol. The lowest BCUT2D eigenvalue weighted by molar-refractivity contribution is -0.143. The lowest BCUT2D eigenvalue weighted by atomic mass is 10.2. The molecule has 2 aromatic carbocycles. The zero-order valence-electron chi connectivity index (χ0n) is 20.9. The minimum atomic E-state index is -3.54. The van der Waals surface area contributed by atoms with Crippen molar-refractivity contribution in [3.8, 4) is 5.75 Å². The van der Waals surface area contributed by atoms with Crippen molar-refractivity contribution < 1.29 is 22.7 Å². The fourth-order valence-corrected chi connectivity index (χ4v) is 4.50. The second kappa shape index (κ2) is 11.4. The van der Waals surface area contributed by atoms with Gasteiger partial charge in [-0.2, -0.15) is 0 Å². The quantitative estimate of drug-likeness (QED) is 0.211. The molecule has 0 amide bonds. The molecule has 12 heteroatoms. The fraction of sp³-hybridized carbons (Fsp3) is 0.375. The molecule has 1 aromatic heterocycles. The van der Waals surface area contributed by atoms with Crippen LogP contribution in [0.5, 0.6) is 5.75 Å². The molecule has 0 aliphatic rings. The Balaban J connectivity index is 1.98. The highest BCUT2D eigenvalue weighted by molar-refractivity contribution is 7.92. The number of benzene rings is 2. The average molecular weight is 517 g/mol. The molecule has 3 aromatic rings. The number of nitrogens with two attached hydrogens (primary N) is 1. The van der Waals surface area contributed by atoms with E-state index in [-0.39, 0.29) is 32.1 Å². The average Bonchev–Trinajstić information content (AvgIpc) is 3.13. The first-order valence-corrected chi connectivity index (χ1v) is 13.2. The Kier molecular flexibility index (Phi) is 8.53. The van der Waals surface area contributed by atoms with E-state index >= 15 is 0 Å². The number of nitrogens with zero attached hydrogens (tertiary/aromatic N) is 4. The molecule has 0 fully saturated rings. The molecule has 0 atom stereocenters. The van der Waals surface area contributed by atoms with Gasteiger partial charge in [0.15, 0.2) is 0 Å². The molecule has 0 aliphatic heterocycles. The number of sulfonamides is 1. The molecule has 0 unspecified atom stereocenters. The van der Waals surface area contributed by atoms with Crippen LogP contribution in [0.25, 0.3) is 11.0 Å². The highest BCUT2D eigenvalue weighted by Gasteiger charge is 2.21. The van der Waals surface area contributed by atoms with E-state index in [2.05, 4.69) is 4.98 Å². The summed E-state index contributed by atoms with van der Waals surface area (Å²) in [5.74, 6) is 0.538. The number of likely N-dealkylation sites (N-methyl/N-ethyl adjacent to an activating group) is 1. The highest BCUT2D eigenvalue weighted by atomic mass is 32.2. The van der Waals surface area contributed by atoms with Crippen LogP contribution < -0.4 is 14.8 Å². The summed E-state index contributed by atoms with van der Waals surface area (Å²) in [6, 6.07) is 11.9. The number of ether oxygens (including phenoxy) is 2. The first-order valence-electron chi connectivity index (χ1n) is 11.3. The van der Waals surface area contributed by atoms with E-state index in [9.17, 15) is 13.2 Å². The standard InChI is InChI=1S/C24H32N6O5S/c1-5-34-23(31)15-29-21-14-18(30(36(4,32)33)13-12-28(2)3)8-11-20(21)27-22(29)16-35-19-9-6-17(7-10-19)24(25)26/h6-11,14H,5,12-13,15-16H2,1-4H3,(H3,25,26). The second-order valence-corrected chi connectivity index (χ2v) is 10.4. The maximum atomic E-state index is 12.5. The van der Waals surface area contributed by atoms with Gasteiger partial charge in [0.2, 0.25) is 10.0 Å². The Morgan fingerprint density at radius 1 is 1.14 bits per heavy atom. The Labute approximate surface area is 211 Å². The highest BCUT2D eigenvalue weighted by Crippen LogP contribution is 2.26. The summed E-state index contributed by atoms with van der Waals surface area (Å²) >= 11 is 0. The van der Waals surface area contributed by atoms with Gasteiger partial charge in [0, 0.05) is 18.7 Å². The van der Waals surface area contributed by atoms with Gasteiger partial charge in [-0.25, -0.2) is 13.4 Å². The van der Waals surface area contributed by atoms with Crippen LogP contribution in [0.15, 0.2) is 42.5 Å². The Morgan fingerprint density at radius 2 is 1.83 bits per heavy atom. The normalized spacial score (nSPS) is 11.6. The van der Waals surface area contributed by atoms with Gasteiger partial charge in [0.1, 0.15) is 30.6 Å². The number of nitrogens with one attached hydrogen (secondary N) is 1. The predicted octanol–water partition coefficient (Wildman–Crippen LogP) is 1.79. The van der Waals surface area contributed by atoms with Crippen molar-refractivity contribution >= 4 is 38.5 Å². The van der Waals surface area contributed by atoms with Gasteiger partial charge in [-0.3, -0.25) is 14.5 Å². The van der Waals surface area contributed by atoms with Crippen molar-refractivity contribution in [3.63, 3.8) is 0 Å². The van der Waals surface area contributed by atoms with Crippen LogP contribution in [0.1, 0.15) is 18.3 Å². The van der Waals surface area contributed by atoms with Crippen LogP contribution >= 0.6 is 0 Å². The number of imidazole rings is 1. The fourth-order valence-electron chi connectivity index (χ4n) is 3.59. The number of carbonyl (C=O) groups excluding carboxylic acids is 1. The SMILES string of the molecule is CCOC(=O)Cn1c(COc2ccc(C(=N)N)cc2)nc2ccc(N(CCN(C)C)S(C)(=O)=O)cc21. The number of esters is 1. The van der Waals surface area contributed by atoms with E-state index in [1.54, 1.807) is 54.0 Å². The summed E-state index contributed by atoms with van der Waals surface area (Å²) < 4.78 is 39.1. The van der Waals surface area contributed by atoms with Crippen LogP contribution in [0.2, 0.25) is 0 Å². The maximum absolute atomic E-state index is 12.5. The number of hydrogen-bond acceptors (Lipinski definition) is 8. The van der Waals surface area contributed by atoms with Crippen LogP contribution in [0.4, 0.5) is 5.69 Å². The molecular formula is C24H32N6O5S. The van der Waals surface area contributed by atoms with Crippen molar-refractivity contribution in [2.24, 2.45) is 5.73 Å². The summed E-state index contributed by atoms with van der Waals surface area (Å²) in [6.07, 6.45) is 1.17. The van der Waals surface area contributed by atoms with E-state index < -0.39 is 16.0 Å². The number of anilines is 1. The number of aromatic nitrogens is 2. The molecule has 3 rings (SSSR count). The number of nitrogen functional groups attached to an aromatic ring is 1. The van der Waals surface area contributed by atoms with Crippen LogP contribution in [0, 0.1) is 5.41 Å². The summed E-state index contributed by atoms with van der Waals surface area (Å²) in [7, 11) is 0.207. The van der Waals surface area contributed by atoms with Crippen molar-refractivity contribution in [2.75, 3.05) is 44.4 Å². The smallest absolute Gasteiger partial charge is 0.326 e. The number of hydrogen-bond donors (Lipinski definition) is 2. The lowest BCUT2D eigenvalue weighted by Crippen LogP contribution is -2.36. The molecule has 0 saturated heterocycles. The zero-order valence-corrected chi connectivity index (χ0v) is 21.7. The number of amidine groups is 1. The first kappa shape index (κ1) is 27.0. The molecule has 0 aliphatic carbocycles. The molecule has 194 valence electrons. The van der Waals surface area contributed by atoms with Gasteiger partial charge >= 0.3 is 5.97 Å². The third-order valence-corrected chi connectivity index (χ3v) is 6.57. The number of rotatable bonds is 12.